The molecule has 3 aromatic heterocycles. The van der Waals surface area contributed by atoms with E-state index < -0.39 is 17.9 Å². The Bertz CT molecular complexity index is 1110. The van der Waals surface area contributed by atoms with E-state index >= 15 is 0 Å². The third-order valence-electron chi connectivity index (χ3n) is 4.88. The van der Waals surface area contributed by atoms with Crippen LogP contribution in [0.5, 0.6) is 0 Å². The first-order valence-electron chi connectivity index (χ1n) is 10.3. The topological polar surface area (TPSA) is 159 Å². The van der Waals surface area contributed by atoms with Gasteiger partial charge in [0.25, 0.3) is 0 Å². The monoisotopic (exact) mass is 457 g/mol. The maximum Gasteiger partial charge on any atom is 0.244 e. The summed E-state index contributed by atoms with van der Waals surface area (Å²) in [7, 11) is 1.56. The highest BCUT2D eigenvalue weighted by Gasteiger charge is 2.31. The van der Waals surface area contributed by atoms with Crippen LogP contribution in [0.2, 0.25) is 0 Å². The van der Waals surface area contributed by atoms with E-state index in [1.165, 1.54) is 0 Å². The molecule has 4 heterocycles. The summed E-state index contributed by atoms with van der Waals surface area (Å²) < 4.78 is 18.7. The number of hydrogen-bond acceptors (Lipinski definition) is 11. The molecular weight excluding hydrogens is 433 g/mol. The highest BCUT2D eigenvalue weighted by Crippen LogP contribution is 2.22. The van der Waals surface area contributed by atoms with Crippen molar-refractivity contribution >= 4 is 29.6 Å². The molecule has 0 aromatic carbocycles. The standard InChI is InChI=1S/C19H24FN11O2/c1-10-6-14(30-29-10)25-18-26-17(24-11(2)15-22-7-12(20)8-23-15)27-19(28-18)31-4-5-33-9-13(31)16(32)21-3/h6-8,11,13H,4-5,9H2,1-3H3,(H,21,32)(H3,24,25,26,27,28,29,30)/t11-,13?/m0/s1. The zero-order chi connectivity index (χ0) is 23.4. The molecule has 0 saturated carbocycles. The number of aromatic nitrogens is 7. The number of hydrogen-bond donors (Lipinski definition) is 4. The van der Waals surface area contributed by atoms with Gasteiger partial charge in [-0.15, -0.1) is 0 Å². The normalized spacial score (nSPS) is 16.8. The molecule has 4 rings (SSSR count). The summed E-state index contributed by atoms with van der Waals surface area (Å²) in [5.41, 5.74) is 0.861. The number of likely N-dealkylation sites (N-methyl/N-ethyl adjacent to an activating group) is 1. The quantitative estimate of drug-likeness (QED) is 0.395. The Morgan fingerprint density at radius 1 is 1.27 bits per heavy atom. The highest BCUT2D eigenvalue weighted by atomic mass is 19.1. The van der Waals surface area contributed by atoms with Crippen molar-refractivity contribution in [2.45, 2.75) is 25.9 Å². The van der Waals surface area contributed by atoms with Gasteiger partial charge in [-0.1, -0.05) is 0 Å². The molecule has 0 bridgehead atoms. The van der Waals surface area contributed by atoms with E-state index in [4.69, 9.17) is 4.74 Å². The van der Waals surface area contributed by atoms with Crippen LogP contribution in [0.3, 0.4) is 0 Å². The average Bonchev–Trinajstić information content (AvgIpc) is 3.23. The third-order valence-corrected chi connectivity index (χ3v) is 4.88. The molecule has 1 amide bonds. The van der Waals surface area contributed by atoms with E-state index in [1.807, 2.05) is 6.92 Å². The first-order valence-corrected chi connectivity index (χ1v) is 10.3. The van der Waals surface area contributed by atoms with Gasteiger partial charge in [-0.05, 0) is 13.8 Å². The lowest BCUT2D eigenvalue weighted by Gasteiger charge is -2.34. The summed E-state index contributed by atoms with van der Waals surface area (Å²) in [6.45, 7) is 4.70. The second kappa shape index (κ2) is 9.68. The van der Waals surface area contributed by atoms with Crippen LogP contribution in [0.1, 0.15) is 24.5 Å². The smallest absolute Gasteiger partial charge is 0.244 e. The lowest BCUT2D eigenvalue weighted by atomic mass is 10.2. The number of aromatic amines is 1. The molecule has 0 aliphatic carbocycles. The number of H-pyrrole nitrogens is 1. The molecule has 1 unspecified atom stereocenters. The summed E-state index contributed by atoms with van der Waals surface area (Å²) in [5, 5.41) is 15.8. The second-order valence-corrected chi connectivity index (χ2v) is 7.37. The van der Waals surface area contributed by atoms with Gasteiger partial charge in [-0.2, -0.15) is 20.1 Å². The average molecular weight is 457 g/mol. The molecule has 33 heavy (non-hydrogen) atoms. The van der Waals surface area contributed by atoms with Gasteiger partial charge >= 0.3 is 0 Å². The summed E-state index contributed by atoms with van der Waals surface area (Å²) in [6, 6.07) is 0.770. The number of carbonyl (C=O) groups excluding carboxylic acids is 1. The van der Waals surface area contributed by atoms with Gasteiger partial charge in [-0.3, -0.25) is 9.89 Å². The number of nitrogens with one attached hydrogen (secondary N) is 4. The fourth-order valence-electron chi connectivity index (χ4n) is 3.24. The van der Waals surface area contributed by atoms with Crippen molar-refractivity contribution in [2.75, 3.05) is 42.3 Å². The van der Waals surface area contributed by atoms with Crippen LogP contribution in [-0.2, 0) is 9.53 Å². The Morgan fingerprint density at radius 2 is 2.03 bits per heavy atom. The van der Waals surface area contributed by atoms with Crippen molar-refractivity contribution in [1.29, 1.82) is 0 Å². The van der Waals surface area contributed by atoms with Gasteiger partial charge in [0, 0.05) is 25.4 Å². The number of halogens is 1. The van der Waals surface area contributed by atoms with Crippen molar-refractivity contribution in [2.24, 2.45) is 0 Å². The third kappa shape index (κ3) is 5.28. The SMILES string of the molecule is CNC(=O)C1COCCN1c1nc(Nc2cc(C)[nH]n2)nc(N[C@@H](C)c2ncc(F)cn2)n1. The predicted molar refractivity (Wildman–Crippen MR) is 116 cm³/mol. The van der Waals surface area contributed by atoms with Gasteiger partial charge in [0.05, 0.1) is 31.6 Å². The fraction of sp³-hybridized carbons (Fsp3) is 0.421. The van der Waals surface area contributed by atoms with E-state index in [-0.39, 0.29) is 30.4 Å². The molecule has 0 spiro atoms. The van der Waals surface area contributed by atoms with Gasteiger partial charge in [0.15, 0.2) is 11.6 Å². The largest absolute Gasteiger partial charge is 0.377 e. The van der Waals surface area contributed by atoms with E-state index in [0.29, 0.717) is 24.8 Å². The number of aryl methyl sites for hydroxylation is 1. The first-order chi connectivity index (χ1) is 15.9. The van der Waals surface area contributed by atoms with Crippen LogP contribution in [0, 0.1) is 12.7 Å². The van der Waals surface area contributed by atoms with Gasteiger partial charge in [-0.25, -0.2) is 14.4 Å². The summed E-state index contributed by atoms with van der Waals surface area (Å²) in [6.07, 6.45) is 2.18. The molecule has 1 aliphatic heterocycles. The predicted octanol–water partition coefficient (Wildman–Crippen LogP) is 0.700. The van der Waals surface area contributed by atoms with Crippen LogP contribution >= 0.6 is 0 Å². The van der Waals surface area contributed by atoms with E-state index in [1.54, 1.807) is 24.9 Å². The number of amides is 1. The Labute approximate surface area is 188 Å². The Morgan fingerprint density at radius 3 is 2.73 bits per heavy atom. The lowest BCUT2D eigenvalue weighted by molar-refractivity contribution is -0.124. The minimum atomic E-state index is -0.600. The maximum atomic E-state index is 13.2. The minimum absolute atomic E-state index is 0.204. The molecular formula is C19H24FN11O2. The van der Waals surface area contributed by atoms with Gasteiger partial charge in [0.2, 0.25) is 23.8 Å². The van der Waals surface area contributed by atoms with Crippen LogP contribution in [0.4, 0.5) is 28.1 Å². The number of anilines is 4. The maximum absolute atomic E-state index is 13.2. The summed E-state index contributed by atoms with van der Waals surface area (Å²) >= 11 is 0. The number of morpholine rings is 1. The zero-order valence-corrected chi connectivity index (χ0v) is 18.3. The summed E-state index contributed by atoms with van der Waals surface area (Å²) in [5.74, 6) is 0.879. The molecule has 3 aromatic rings. The van der Waals surface area contributed by atoms with Crippen molar-refractivity contribution in [3.63, 3.8) is 0 Å². The van der Waals surface area contributed by atoms with Crippen LogP contribution in [0.25, 0.3) is 0 Å². The van der Waals surface area contributed by atoms with Crippen molar-refractivity contribution < 1.29 is 13.9 Å². The Balaban J connectivity index is 1.66. The number of rotatable bonds is 7. The Hall–Kier alpha value is -3.94. The van der Waals surface area contributed by atoms with Gasteiger partial charge < -0.3 is 25.6 Å². The van der Waals surface area contributed by atoms with Crippen LogP contribution in [-0.4, -0.2) is 73.9 Å². The highest BCUT2D eigenvalue weighted by molar-refractivity contribution is 5.85. The Kier molecular flexibility index (Phi) is 6.53. The number of nitrogens with zero attached hydrogens (tertiary/aromatic N) is 7. The second-order valence-electron chi connectivity index (χ2n) is 7.37. The lowest BCUT2D eigenvalue weighted by Crippen LogP contribution is -2.54. The van der Waals surface area contributed by atoms with Crippen LogP contribution < -0.4 is 20.9 Å². The molecule has 1 saturated heterocycles. The molecule has 1 aliphatic rings. The zero-order valence-electron chi connectivity index (χ0n) is 18.3. The van der Waals surface area contributed by atoms with Crippen molar-refractivity contribution in [3.8, 4) is 0 Å². The molecule has 0 radical (unpaired) electrons. The van der Waals surface area contributed by atoms with Crippen LogP contribution in [0.15, 0.2) is 18.5 Å². The minimum Gasteiger partial charge on any atom is -0.377 e. The molecule has 14 heteroatoms. The molecule has 1 fully saturated rings. The van der Waals surface area contributed by atoms with E-state index in [2.05, 4.69) is 51.1 Å². The molecule has 4 N–H and O–H groups in total. The van der Waals surface area contributed by atoms with E-state index in [9.17, 15) is 9.18 Å². The fourth-order valence-corrected chi connectivity index (χ4v) is 3.24. The van der Waals surface area contributed by atoms with E-state index in [0.717, 1.165) is 18.1 Å². The van der Waals surface area contributed by atoms with Crippen molar-refractivity contribution in [1.82, 2.24) is 40.4 Å². The molecule has 174 valence electrons. The first kappa shape index (κ1) is 22.3. The van der Waals surface area contributed by atoms with Gasteiger partial charge in [0.1, 0.15) is 11.9 Å². The number of carbonyl (C=O) groups is 1. The molecule has 2 atom stereocenters. The van der Waals surface area contributed by atoms with Crippen molar-refractivity contribution in [3.05, 3.63) is 35.8 Å². The summed E-state index contributed by atoms with van der Waals surface area (Å²) in [4.78, 5) is 35.6. The number of ether oxygens (including phenoxy) is 1. The molecule has 13 nitrogen and oxygen atoms in total.